The molecule has 1 aliphatic heterocycles. The summed E-state index contributed by atoms with van der Waals surface area (Å²) < 4.78 is 6.16. The van der Waals surface area contributed by atoms with Gasteiger partial charge in [-0.15, -0.1) is 0 Å². The van der Waals surface area contributed by atoms with Crippen LogP contribution in [-0.4, -0.2) is 30.2 Å². The first kappa shape index (κ1) is 14.9. The minimum atomic E-state index is 0.187. The maximum Gasteiger partial charge on any atom is 0.0697 e. The minimum absolute atomic E-state index is 0.187. The van der Waals surface area contributed by atoms with Gasteiger partial charge in [0.1, 0.15) is 0 Å². The normalized spacial score (nSPS) is 26.3. The summed E-state index contributed by atoms with van der Waals surface area (Å²) in [5, 5.41) is 0. The van der Waals surface area contributed by atoms with Crippen molar-refractivity contribution in [1.82, 2.24) is 4.90 Å². The van der Waals surface area contributed by atoms with Crippen LogP contribution in [0.2, 0.25) is 0 Å². The van der Waals surface area contributed by atoms with Crippen molar-refractivity contribution in [3.05, 3.63) is 29.8 Å². The third kappa shape index (κ3) is 3.09. The topological polar surface area (TPSA) is 38.5 Å². The molecule has 1 spiro atoms. The van der Waals surface area contributed by atoms with Crippen LogP contribution in [0.15, 0.2) is 24.3 Å². The van der Waals surface area contributed by atoms with Gasteiger partial charge >= 0.3 is 0 Å². The summed E-state index contributed by atoms with van der Waals surface area (Å²) in [6, 6.07) is 9.31. The van der Waals surface area contributed by atoms with E-state index in [0.29, 0.717) is 12.1 Å². The summed E-state index contributed by atoms with van der Waals surface area (Å²) >= 11 is 0. The molecule has 0 amide bonds. The molecule has 1 heterocycles. The quantitative estimate of drug-likeness (QED) is 0.861. The molecular formula is C18H28N2O. The van der Waals surface area contributed by atoms with Crippen molar-refractivity contribution in [1.29, 1.82) is 0 Å². The van der Waals surface area contributed by atoms with Crippen molar-refractivity contribution in [3.8, 4) is 0 Å². The van der Waals surface area contributed by atoms with Crippen molar-refractivity contribution in [3.63, 3.8) is 0 Å². The van der Waals surface area contributed by atoms with Crippen LogP contribution in [0.4, 0.5) is 5.69 Å². The van der Waals surface area contributed by atoms with Crippen LogP contribution in [0, 0.1) is 0 Å². The van der Waals surface area contributed by atoms with Gasteiger partial charge in [-0.3, -0.25) is 4.90 Å². The van der Waals surface area contributed by atoms with Gasteiger partial charge in [0.25, 0.3) is 0 Å². The highest BCUT2D eigenvalue weighted by Gasteiger charge is 2.41. The molecule has 3 rings (SSSR count). The first-order valence-electron chi connectivity index (χ1n) is 8.31. The molecule has 2 fully saturated rings. The number of nitrogens with zero attached hydrogens (tertiary/aromatic N) is 1. The molecule has 2 unspecified atom stereocenters. The fraction of sp³-hybridized carbons (Fsp3) is 0.667. The third-order valence-electron chi connectivity index (χ3n) is 5.56. The van der Waals surface area contributed by atoms with E-state index < -0.39 is 0 Å². The largest absolute Gasteiger partial charge is 0.399 e. The van der Waals surface area contributed by atoms with E-state index in [2.05, 4.69) is 37.1 Å². The molecule has 2 atom stereocenters. The van der Waals surface area contributed by atoms with E-state index in [1.54, 1.807) is 0 Å². The second kappa shape index (κ2) is 5.98. The van der Waals surface area contributed by atoms with Crippen molar-refractivity contribution in [2.45, 2.75) is 63.1 Å². The van der Waals surface area contributed by atoms with Crippen molar-refractivity contribution >= 4 is 5.69 Å². The Labute approximate surface area is 128 Å². The fourth-order valence-corrected chi connectivity index (χ4v) is 4.09. The summed E-state index contributed by atoms with van der Waals surface area (Å²) in [5.41, 5.74) is 8.28. The summed E-state index contributed by atoms with van der Waals surface area (Å²) in [4.78, 5) is 2.53. The Hall–Kier alpha value is -1.06. The summed E-state index contributed by atoms with van der Waals surface area (Å²) in [5.74, 6) is 0. The predicted molar refractivity (Wildman–Crippen MR) is 87.2 cm³/mol. The second-order valence-corrected chi connectivity index (χ2v) is 6.90. The maximum absolute atomic E-state index is 6.16. The van der Waals surface area contributed by atoms with Gasteiger partial charge in [0, 0.05) is 24.4 Å². The molecule has 0 radical (unpaired) electrons. The number of nitrogens with two attached hydrogens (primary N) is 1. The van der Waals surface area contributed by atoms with Gasteiger partial charge in [0.2, 0.25) is 0 Å². The molecule has 1 saturated heterocycles. The molecule has 21 heavy (non-hydrogen) atoms. The first-order chi connectivity index (χ1) is 10.1. The molecule has 2 aliphatic rings. The second-order valence-electron chi connectivity index (χ2n) is 6.90. The van der Waals surface area contributed by atoms with E-state index in [9.17, 15) is 0 Å². The lowest BCUT2D eigenvalue weighted by Gasteiger charge is -2.43. The van der Waals surface area contributed by atoms with Gasteiger partial charge < -0.3 is 10.5 Å². The Morgan fingerprint density at radius 1 is 1.33 bits per heavy atom. The highest BCUT2D eigenvalue weighted by atomic mass is 16.5. The summed E-state index contributed by atoms with van der Waals surface area (Å²) in [6.45, 7) is 3.20. The molecule has 2 N–H and O–H groups in total. The van der Waals surface area contributed by atoms with Crippen LogP contribution in [0.25, 0.3) is 0 Å². The van der Waals surface area contributed by atoms with Gasteiger partial charge in [-0.05, 0) is 57.4 Å². The van der Waals surface area contributed by atoms with Crippen molar-refractivity contribution < 1.29 is 4.74 Å². The Balaban J connectivity index is 1.70. The SMILES string of the molecule is CC(c1cccc(N)c1)N(C)C1CCOC2(CCCC2)C1. The van der Waals surface area contributed by atoms with Crippen LogP contribution in [0.5, 0.6) is 0 Å². The Bertz CT molecular complexity index is 482. The van der Waals surface area contributed by atoms with E-state index >= 15 is 0 Å². The maximum atomic E-state index is 6.16. The van der Waals surface area contributed by atoms with Gasteiger partial charge in [0.05, 0.1) is 5.60 Å². The third-order valence-corrected chi connectivity index (χ3v) is 5.56. The number of anilines is 1. The van der Waals surface area contributed by atoms with Crippen LogP contribution in [0.3, 0.4) is 0 Å². The average Bonchev–Trinajstić information content (AvgIpc) is 2.93. The molecular weight excluding hydrogens is 260 g/mol. The summed E-state index contributed by atoms with van der Waals surface area (Å²) in [6.07, 6.45) is 7.51. The molecule has 1 saturated carbocycles. The molecule has 1 aromatic carbocycles. The lowest BCUT2D eigenvalue weighted by molar-refractivity contribution is -0.103. The van der Waals surface area contributed by atoms with Crippen LogP contribution in [0.1, 0.15) is 57.1 Å². The van der Waals surface area contributed by atoms with E-state index in [1.165, 1.54) is 37.7 Å². The fourth-order valence-electron chi connectivity index (χ4n) is 4.09. The van der Waals surface area contributed by atoms with Gasteiger partial charge in [-0.1, -0.05) is 25.0 Å². The molecule has 1 aliphatic carbocycles. The number of hydrogen-bond acceptors (Lipinski definition) is 3. The summed E-state index contributed by atoms with van der Waals surface area (Å²) in [7, 11) is 2.26. The number of rotatable bonds is 3. The number of nitrogen functional groups attached to an aromatic ring is 1. The number of benzene rings is 1. The van der Waals surface area contributed by atoms with E-state index in [4.69, 9.17) is 10.5 Å². The lowest BCUT2D eigenvalue weighted by atomic mass is 9.87. The van der Waals surface area contributed by atoms with Crippen molar-refractivity contribution in [2.75, 3.05) is 19.4 Å². The Kier molecular flexibility index (Phi) is 4.23. The number of hydrogen-bond donors (Lipinski definition) is 1. The van der Waals surface area contributed by atoms with Gasteiger partial charge in [-0.25, -0.2) is 0 Å². The molecule has 3 nitrogen and oxygen atoms in total. The standard InChI is InChI=1S/C18H28N2O/c1-14(15-6-5-7-16(19)12-15)20(2)17-8-11-21-18(13-17)9-3-4-10-18/h5-7,12,14,17H,3-4,8-11,13,19H2,1-2H3. The highest BCUT2D eigenvalue weighted by Crippen LogP contribution is 2.42. The lowest BCUT2D eigenvalue weighted by Crippen LogP contribution is -2.46. The van der Waals surface area contributed by atoms with Gasteiger partial charge in [0.15, 0.2) is 0 Å². The highest BCUT2D eigenvalue weighted by molar-refractivity contribution is 5.41. The molecule has 0 aromatic heterocycles. The molecule has 3 heteroatoms. The van der Waals surface area contributed by atoms with Crippen LogP contribution < -0.4 is 5.73 Å². The van der Waals surface area contributed by atoms with E-state index in [-0.39, 0.29) is 5.60 Å². The van der Waals surface area contributed by atoms with Crippen LogP contribution in [-0.2, 0) is 4.74 Å². The molecule has 0 bridgehead atoms. The monoisotopic (exact) mass is 288 g/mol. The van der Waals surface area contributed by atoms with E-state index in [1.807, 2.05) is 6.07 Å². The Morgan fingerprint density at radius 3 is 2.81 bits per heavy atom. The average molecular weight is 288 g/mol. The van der Waals surface area contributed by atoms with E-state index in [0.717, 1.165) is 18.7 Å². The van der Waals surface area contributed by atoms with Gasteiger partial charge in [-0.2, -0.15) is 0 Å². The Morgan fingerprint density at radius 2 is 2.10 bits per heavy atom. The van der Waals surface area contributed by atoms with Crippen molar-refractivity contribution in [2.24, 2.45) is 0 Å². The van der Waals surface area contributed by atoms with Crippen LogP contribution >= 0.6 is 0 Å². The minimum Gasteiger partial charge on any atom is -0.399 e. The zero-order valence-electron chi connectivity index (χ0n) is 13.3. The smallest absolute Gasteiger partial charge is 0.0697 e. The zero-order chi connectivity index (χ0) is 14.9. The first-order valence-corrected chi connectivity index (χ1v) is 8.31. The predicted octanol–water partition coefficient (Wildman–Crippen LogP) is 3.75. The zero-order valence-corrected chi connectivity index (χ0v) is 13.3. The number of ether oxygens (including phenoxy) is 1. The molecule has 116 valence electrons. The molecule has 1 aromatic rings.